The number of aryl methyl sites for hydroxylation is 2. The molecule has 2 heterocycles. The van der Waals surface area contributed by atoms with Crippen molar-refractivity contribution in [3.63, 3.8) is 0 Å². The van der Waals surface area contributed by atoms with E-state index in [0.717, 1.165) is 11.1 Å². The molecule has 0 aliphatic heterocycles. The summed E-state index contributed by atoms with van der Waals surface area (Å²) in [7, 11) is 1.79. The van der Waals surface area contributed by atoms with Gasteiger partial charge >= 0.3 is 0 Å². The van der Waals surface area contributed by atoms with Crippen LogP contribution in [0.25, 0.3) is 11.0 Å². The molecule has 5 nitrogen and oxygen atoms in total. The number of hydrogen-bond acceptors (Lipinski definition) is 3. The summed E-state index contributed by atoms with van der Waals surface area (Å²) in [6.07, 6.45) is 3.11. The molecule has 0 spiro atoms. The first-order chi connectivity index (χ1) is 11.1. The molecule has 0 aliphatic carbocycles. The summed E-state index contributed by atoms with van der Waals surface area (Å²) in [6.45, 7) is 2.39. The van der Waals surface area contributed by atoms with Crippen LogP contribution in [-0.2, 0) is 13.6 Å². The van der Waals surface area contributed by atoms with Gasteiger partial charge in [-0.1, -0.05) is 29.8 Å². The Kier molecular flexibility index (Phi) is 3.93. The third-order valence-corrected chi connectivity index (χ3v) is 3.77. The van der Waals surface area contributed by atoms with E-state index in [9.17, 15) is 9.59 Å². The predicted octanol–water partition coefficient (Wildman–Crippen LogP) is 2.17. The highest BCUT2D eigenvalue weighted by molar-refractivity contribution is 5.96. The normalized spacial score (nSPS) is 10.7. The first kappa shape index (κ1) is 15.0. The van der Waals surface area contributed by atoms with Crippen molar-refractivity contribution in [1.29, 1.82) is 0 Å². The van der Waals surface area contributed by atoms with Crippen molar-refractivity contribution >= 4 is 16.9 Å². The van der Waals surface area contributed by atoms with Crippen LogP contribution >= 0.6 is 0 Å². The fourth-order valence-corrected chi connectivity index (χ4v) is 2.45. The quantitative estimate of drug-likeness (QED) is 0.806. The number of amides is 1. The molecule has 116 valence electrons. The average Bonchev–Trinajstić information content (AvgIpc) is 2.57. The molecule has 0 fully saturated rings. The fourth-order valence-electron chi connectivity index (χ4n) is 2.45. The molecule has 1 N–H and O–H groups in total. The summed E-state index contributed by atoms with van der Waals surface area (Å²) in [5.41, 5.74) is 2.91. The van der Waals surface area contributed by atoms with Crippen LogP contribution in [0.4, 0.5) is 0 Å². The molecule has 0 bridgehead atoms. The number of pyridine rings is 2. The van der Waals surface area contributed by atoms with E-state index >= 15 is 0 Å². The van der Waals surface area contributed by atoms with Crippen molar-refractivity contribution in [2.75, 3.05) is 0 Å². The Morgan fingerprint density at radius 2 is 1.96 bits per heavy atom. The number of carbonyl (C=O) groups excluding carboxylic acids is 1. The first-order valence-corrected chi connectivity index (χ1v) is 7.34. The van der Waals surface area contributed by atoms with E-state index in [1.807, 2.05) is 31.2 Å². The summed E-state index contributed by atoms with van der Waals surface area (Å²) >= 11 is 0. The Balaban J connectivity index is 1.88. The molecule has 5 heteroatoms. The molecule has 0 unspecified atom stereocenters. The zero-order valence-corrected chi connectivity index (χ0v) is 13.0. The second-order valence-corrected chi connectivity index (χ2v) is 5.52. The predicted molar refractivity (Wildman–Crippen MR) is 89.3 cm³/mol. The minimum atomic E-state index is -0.390. The van der Waals surface area contributed by atoms with Crippen LogP contribution in [0.1, 0.15) is 21.5 Å². The molecule has 2 aromatic heterocycles. The van der Waals surface area contributed by atoms with Crippen molar-refractivity contribution in [3.05, 3.63) is 75.7 Å². The van der Waals surface area contributed by atoms with Gasteiger partial charge in [0.25, 0.3) is 5.91 Å². The molecule has 1 amide bonds. The average molecular weight is 307 g/mol. The van der Waals surface area contributed by atoms with Gasteiger partial charge in [0.1, 0.15) is 11.1 Å². The molecule has 0 saturated carbocycles. The first-order valence-electron chi connectivity index (χ1n) is 7.34. The topological polar surface area (TPSA) is 64.0 Å². The number of aromatic nitrogens is 2. The Labute approximate surface area is 133 Å². The largest absolute Gasteiger partial charge is 0.348 e. The standard InChI is InChI=1S/C18H17N3O2/c1-12-5-7-13(8-6-12)10-20-18(23)14-11-21(2)15-4-3-9-19-16(15)17(14)22/h3-9,11H,10H2,1-2H3,(H,20,23). The van der Waals surface area contributed by atoms with Crippen LogP contribution in [0, 0.1) is 6.92 Å². The van der Waals surface area contributed by atoms with Crippen molar-refractivity contribution in [2.45, 2.75) is 13.5 Å². The van der Waals surface area contributed by atoms with Gasteiger partial charge in [-0.15, -0.1) is 0 Å². The molecule has 0 aliphatic rings. The van der Waals surface area contributed by atoms with Gasteiger partial charge in [-0.05, 0) is 24.6 Å². The van der Waals surface area contributed by atoms with Gasteiger partial charge < -0.3 is 9.88 Å². The van der Waals surface area contributed by atoms with Crippen molar-refractivity contribution in [3.8, 4) is 0 Å². The lowest BCUT2D eigenvalue weighted by atomic mass is 10.1. The van der Waals surface area contributed by atoms with E-state index in [0.29, 0.717) is 17.6 Å². The number of rotatable bonds is 3. The molecule has 3 rings (SSSR count). The van der Waals surface area contributed by atoms with E-state index in [1.54, 1.807) is 36.1 Å². The maximum Gasteiger partial charge on any atom is 0.257 e. The third kappa shape index (κ3) is 2.99. The third-order valence-electron chi connectivity index (χ3n) is 3.77. The Bertz CT molecular complexity index is 927. The molecular formula is C18H17N3O2. The van der Waals surface area contributed by atoms with Gasteiger partial charge in [-0.25, -0.2) is 0 Å². The summed E-state index contributed by atoms with van der Waals surface area (Å²) < 4.78 is 1.74. The lowest BCUT2D eigenvalue weighted by Crippen LogP contribution is -2.29. The Morgan fingerprint density at radius 1 is 1.22 bits per heavy atom. The Hall–Kier alpha value is -2.95. The molecule has 0 saturated heterocycles. The van der Waals surface area contributed by atoms with Crippen molar-refractivity contribution < 1.29 is 4.79 Å². The fraction of sp³-hybridized carbons (Fsp3) is 0.167. The van der Waals surface area contributed by atoms with E-state index in [2.05, 4.69) is 10.3 Å². The second kappa shape index (κ2) is 6.04. The highest BCUT2D eigenvalue weighted by Crippen LogP contribution is 2.08. The number of fused-ring (bicyclic) bond motifs is 1. The van der Waals surface area contributed by atoms with Crippen molar-refractivity contribution in [1.82, 2.24) is 14.9 Å². The van der Waals surface area contributed by atoms with Crippen molar-refractivity contribution in [2.24, 2.45) is 7.05 Å². The van der Waals surface area contributed by atoms with Crippen LogP contribution < -0.4 is 10.7 Å². The monoisotopic (exact) mass is 307 g/mol. The maximum absolute atomic E-state index is 12.4. The van der Waals surface area contributed by atoms with Gasteiger partial charge in [0.2, 0.25) is 5.43 Å². The minimum Gasteiger partial charge on any atom is -0.348 e. The van der Waals surface area contributed by atoms with Gasteiger partial charge in [0.05, 0.1) is 5.52 Å². The lowest BCUT2D eigenvalue weighted by molar-refractivity contribution is 0.0949. The van der Waals surface area contributed by atoms with Crippen LogP contribution in [0.3, 0.4) is 0 Å². The van der Waals surface area contributed by atoms with Crippen LogP contribution in [0.15, 0.2) is 53.6 Å². The van der Waals surface area contributed by atoms with E-state index < -0.39 is 5.91 Å². The highest BCUT2D eigenvalue weighted by Gasteiger charge is 2.14. The highest BCUT2D eigenvalue weighted by atomic mass is 16.2. The van der Waals surface area contributed by atoms with Gasteiger partial charge in [0, 0.05) is 26.0 Å². The SMILES string of the molecule is Cc1ccc(CNC(=O)c2cn(C)c3cccnc3c2=O)cc1. The number of carbonyl (C=O) groups is 1. The number of benzene rings is 1. The summed E-state index contributed by atoms with van der Waals surface area (Å²) in [6, 6.07) is 11.4. The van der Waals surface area contributed by atoms with Crippen LogP contribution in [-0.4, -0.2) is 15.5 Å². The maximum atomic E-state index is 12.4. The minimum absolute atomic E-state index is 0.103. The molecular weight excluding hydrogens is 290 g/mol. The summed E-state index contributed by atoms with van der Waals surface area (Å²) in [4.78, 5) is 28.9. The smallest absolute Gasteiger partial charge is 0.257 e. The van der Waals surface area contributed by atoms with E-state index in [-0.39, 0.29) is 11.0 Å². The zero-order chi connectivity index (χ0) is 16.4. The van der Waals surface area contributed by atoms with E-state index in [4.69, 9.17) is 0 Å². The van der Waals surface area contributed by atoms with Gasteiger partial charge in [-0.2, -0.15) is 0 Å². The van der Waals surface area contributed by atoms with Gasteiger partial charge in [-0.3, -0.25) is 14.6 Å². The zero-order valence-electron chi connectivity index (χ0n) is 13.0. The summed E-state index contributed by atoms with van der Waals surface area (Å²) in [5.74, 6) is -0.390. The van der Waals surface area contributed by atoms with Gasteiger partial charge in [0.15, 0.2) is 0 Å². The molecule has 1 aromatic carbocycles. The number of nitrogens with one attached hydrogen (secondary N) is 1. The number of hydrogen-bond donors (Lipinski definition) is 1. The second-order valence-electron chi connectivity index (χ2n) is 5.52. The van der Waals surface area contributed by atoms with Crippen LogP contribution in [0.2, 0.25) is 0 Å². The lowest BCUT2D eigenvalue weighted by Gasteiger charge is -2.09. The van der Waals surface area contributed by atoms with Crippen LogP contribution in [0.5, 0.6) is 0 Å². The van der Waals surface area contributed by atoms with E-state index in [1.165, 1.54) is 0 Å². The molecule has 3 aromatic rings. The number of nitrogens with zero attached hydrogens (tertiary/aromatic N) is 2. The Morgan fingerprint density at radius 3 is 2.70 bits per heavy atom. The molecule has 23 heavy (non-hydrogen) atoms. The summed E-state index contributed by atoms with van der Waals surface area (Å²) in [5, 5.41) is 2.79. The molecule has 0 atom stereocenters. The molecule has 0 radical (unpaired) electrons.